The van der Waals surface area contributed by atoms with E-state index in [1.807, 2.05) is 38.5 Å². The molecular weight excluding hydrogens is 200 g/mol. The van der Waals surface area contributed by atoms with Crippen molar-refractivity contribution in [1.29, 1.82) is 0 Å². The van der Waals surface area contributed by atoms with Crippen molar-refractivity contribution in [2.24, 2.45) is 12.8 Å². The largest absolute Gasteiger partial charge is 0.324 e. The van der Waals surface area contributed by atoms with Gasteiger partial charge in [-0.15, -0.1) is 0 Å². The van der Waals surface area contributed by atoms with Crippen LogP contribution in [0.3, 0.4) is 0 Å². The average molecular weight is 216 g/mol. The number of aryl methyl sites for hydroxylation is 2. The van der Waals surface area contributed by atoms with E-state index in [2.05, 4.69) is 10.1 Å². The lowest BCUT2D eigenvalue weighted by atomic mass is 10.0. The molecule has 1 atom stereocenters. The Morgan fingerprint density at radius 3 is 2.94 bits per heavy atom. The molecule has 2 rings (SSSR count). The third kappa shape index (κ3) is 2.28. The van der Waals surface area contributed by atoms with Gasteiger partial charge in [0.05, 0.1) is 6.20 Å². The Morgan fingerprint density at radius 2 is 2.31 bits per heavy atom. The summed E-state index contributed by atoms with van der Waals surface area (Å²) in [4.78, 5) is 4.25. The van der Waals surface area contributed by atoms with E-state index in [0.29, 0.717) is 0 Å². The molecule has 2 aromatic heterocycles. The third-order valence-corrected chi connectivity index (χ3v) is 2.66. The second-order valence-electron chi connectivity index (χ2n) is 4.01. The van der Waals surface area contributed by atoms with Crippen molar-refractivity contribution in [2.75, 3.05) is 0 Å². The molecule has 4 heteroatoms. The second-order valence-corrected chi connectivity index (χ2v) is 4.01. The van der Waals surface area contributed by atoms with Crippen LogP contribution in [-0.4, -0.2) is 14.8 Å². The summed E-state index contributed by atoms with van der Waals surface area (Å²) >= 11 is 0. The molecule has 0 aromatic carbocycles. The quantitative estimate of drug-likeness (QED) is 0.843. The van der Waals surface area contributed by atoms with Crippen molar-refractivity contribution in [2.45, 2.75) is 19.4 Å². The van der Waals surface area contributed by atoms with Crippen LogP contribution in [0.4, 0.5) is 0 Å². The summed E-state index contributed by atoms with van der Waals surface area (Å²) in [6, 6.07) is 3.94. The number of nitrogens with two attached hydrogens (primary N) is 1. The Labute approximate surface area is 95.1 Å². The Balaban J connectivity index is 2.14. The molecule has 84 valence electrons. The molecule has 0 aliphatic rings. The molecule has 4 nitrogen and oxygen atoms in total. The fourth-order valence-corrected chi connectivity index (χ4v) is 1.83. The summed E-state index contributed by atoms with van der Waals surface area (Å²) < 4.78 is 1.79. The number of pyridine rings is 1. The van der Waals surface area contributed by atoms with Crippen LogP contribution >= 0.6 is 0 Å². The van der Waals surface area contributed by atoms with Crippen LogP contribution in [0.15, 0.2) is 30.7 Å². The first kappa shape index (κ1) is 10.8. The fraction of sp³-hybridized carbons (Fsp3) is 0.333. The number of hydrogen-bond donors (Lipinski definition) is 1. The van der Waals surface area contributed by atoms with Crippen LogP contribution in [0, 0.1) is 6.92 Å². The number of nitrogens with zero attached hydrogens (tertiary/aromatic N) is 3. The molecule has 2 heterocycles. The van der Waals surface area contributed by atoms with Crippen molar-refractivity contribution < 1.29 is 0 Å². The molecule has 0 amide bonds. The summed E-state index contributed by atoms with van der Waals surface area (Å²) in [6.45, 7) is 1.98. The summed E-state index contributed by atoms with van der Waals surface area (Å²) in [5, 5.41) is 4.13. The highest BCUT2D eigenvalue weighted by Crippen LogP contribution is 2.17. The maximum Gasteiger partial charge on any atom is 0.0522 e. The van der Waals surface area contributed by atoms with Gasteiger partial charge in [0.2, 0.25) is 0 Å². The van der Waals surface area contributed by atoms with Crippen molar-refractivity contribution in [1.82, 2.24) is 14.8 Å². The summed E-state index contributed by atoms with van der Waals surface area (Å²) in [6.07, 6.45) is 6.42. The molecule has 1 unspecified atom stereocenters. The highest BCUT2D eigenvalue weighted by atomic mass is 15.2. The van der Waals surface area contributed by atoms with Gasteiger partial charge in [0.25, 0.3) is 0 Å². The second kappa shape index (κ2) is 4.45. The minimum atomic E-state index is -0.0158. The Bertz CT molecular complexity index is 475. The average Bonchev–Trinajstić information content (AvgIpc) is 2.64. The van der Waals surface area contributed by atoms with E-state index in [0.717, 1.165) is 23.2 Å². The predicted octanol–water partition coefficient (Wildman–Crippen LogP) is 1.37. The van der Waals surface area contributed by atoms with Crippen LogP contribution < -0.4 is 5.73 Å². The summed E-state index contributed by atoms with van der Waals surface area (Å²) in [5.74, 6) is 0. The van der Waals surface area contributed by atoms with E-state index < -0.39 is 0 Å². The molecule has 2 aromatic rings. The molecule has 0 aliphatic heterocycles. The van der Waals surface area contributed by atoms with E-state index in [4.69, 9.17) is 5.73 Å². The van der Waals surface area contributed by atoms with Crippen LogP contribution in [0.5, 0.6) is 0 Å². The fourth-order valence-electron chi connectivity index (χ4n) is 1.83. The molecule has 0 spiro atoms. The van der Waals surface area contributed by atoms with Crippen LogP contribution in [-0.2, 0) is 13.5 Å². The Hall–Kier alpha value is -1.68. The van der Waals surface area contributed by atoms with Gasteiger partial charge in [-0.05, 0) is 30.5 Å². The molecule has 0 aliphatic carbocycles. The first-order valence-electron chi connectivity index (χ1n) is 5.31. The van der Waals surface area contributed by atoms with Gasteiger partial charge in [0.15, 0.2) is 0 Å². The topological polar surface area (TPSA) is 56.7 Å². The monoisotopic (exact) mass is 216 g/mol. The van der Waals surface area contributed by atoms with E-state index in [-0.39, 0.29) is 6.04 Å². The lowest BCUT2D eigenvalue weighted by molar-refractivity contribution is 0.708. The SMILES string of the molecule is Cc1ncccc1C(N)Cc1cnn(C)c1. The van der Waals surface area contributed by atoms with Crippen LogP contribution in [0.25, 0.3) is 0 Å². The molecule has 0 fully saturated rings. The van der Waals surface area contributed by atoms with E-state index in [9.17, 15) is 0 Å². The smallest absolute Gasteiger partial charge is 0.0522 e. The highest BCUT2D eigenvalue weighted by Gasteiger charge is 2.10. The van der Waals surface area contributed by atoms with Crippen molar-refractivity contribution in [3.05, 3.63) is 47.5 Å². The third-order valence-electron chi connectivity index (χ3n) is 2.66. The molecule has 2 N–H and O–H groups in total. The van der Waals surface area contributed by atoms with Gasteiger partial charge in [-0.2, -0.15) is 5.10 Å². The van der Waals surface area contributed by atoms with Crippen LogP contribution in [0.1, 0.15) is 22.9 Å². The minimum Gasteiger partial charge on any atom is -0.324 e. The first-order chi connectivity index (χ1) is 7.66. The van der Waals surface area contributed by atoms with E-state index >= 15 is 0 Å². The Kier molecular flexibility index (Phi) is 3.01. The molecule has 0 bridgehead atoms. The van der Waals surface area contributed by atoms with E-state index in [1.54, 1.807) is 10.9 Å². The molecule has 16 heavy (non-hydrogen) atoms. The van der Waals surface area contributed by atoms with Crippen molar-refractivity contribution in [3.8, 4) is 0 Å². The standard InChI is InChI=1S/C12H16N4/c1-9-11(4-3-5-14-9)12(13)6-10-7-15-16(2)8-10/h3-5,7-8,12H,6,13H2,1-2H3. The lowest BCUT2D eigenvalue weighted by Crippen LogP contribution is -2.14. The number of rotatable bonds is 3. The summed E-state index contributed by atoms with van der Waals surface area (Å²) in [7, 11) is 1.91. The Morgan fingerprint density at radius 1 is 1.50 bits per heavy atom. The zero-order valence-electron chi connectivity index (χ0n) is 9.59. The summed E-state index contributed by atoms with van der Waals surface area (Å²) in [5.41, 5.74) is 9.41. The van der Waals surface area contributed by atoms with Gasteiger partial charge in [0, 0.05) is 31.2 Å². The van der Waals surface area contributed by atoms with Gasteiger partial charge in [0.1, 0.15) is 0 Å². The van der Waals surface area contributed by atoms with Gasteiger partial charge < -0.3 is 5.73 Å². The van der Waals surface area contributed by atoms with Crippen molar-refractivity contribution >= 4 is 0 Å². The predicted molar refractivity (Wildman–Crippen MR) is 62.8 cm³/mol. The normalized spacial score (nSPS) is 12.7. The van der Waals surface area contributed by atoms with Gasteiger partial charge >= 0.3 is 0 Å². The number of hydrogen-bond acceptors (Lipinski definition) is 3. The zero-order valence-corrected chi connectivity index (χ0v) is 9.59. The van der Waals surface area contributed by atoms with Gasteiger partial charge in [-0.3, -0.25) is 9.67 Å². The molecule has 0 saturated heterocycles. The first-order valence-corrected chi connectivity index (χ1v) is 5.31. The maximum atomic E-state index is 6.16. The minimum absolute atomic E-state index is 0.0158. The van der Waals surface area contributed by atoms with Crippen LogP contribution in [0.2, 0.25) is 0 Å². The van der Waals surface area contributed by atoms with Gasteiger partial charge in [-0.25, -0.2) is 0 Å². The molecule has 0 radical (unpaired) electrons. The molecule has 0 saturated carbocycles. The van der Waals surface area contributed by atoms with E-state index in [1.165, 1.54) is 0 Å². The maximum absolute atomic E-state index is 6.16. The van der Waals surface area contributed by atoms with Crippen molar-refractivity contribution in [3.63, 3.8) is 0 Å². The van der Waals surface area contributed by atoms with Gasteiger partial charge in [-0.1, -0.05) is 6.07 Å². The number of aromatic nitrogens is 3. The zero-order chi connectivity index (χ0) is 11.5. The lowest BCUT2D eigenvalue weighted by Gasteiger charge is -2.12. The highest BCUT2D eigenvalue weighted by molar-refractivity contribution is 5.24. The molecular formula is C12H16N4.